The van der Waals surface area contributed by atoms with Crippen LogP contribution in [0.25, 0.3) is 6.08 Å². The Morgan fingerprint density at radius 1 is 1.05 bits per heavy atom. The van der Waals surface area contributed by atoms with Crippen LogP contribution in [0.1, 0.15) is 25.4 Å². The summed E-state index contributed by atoms with van der Waals surface area (Å²) < 4.78 is 16.1. The number of allylic oxidation sites excluding steroid dienone is 1. The van der Waals surface area contributed by atoms with Crippen LogP contribution in [0.3, 0.4) is 0 Å². The van der Waals surface area contributed by atoms with Gasteiger partial charge in [-0.15, -0.1) is 0 Å². The molecule has 3 aromatic rings. The van der Waals surface area contributed by atoms with Gasteiger partial charge >= 0.3 is 17.8 Å². The molecular formula is C29H26ClN3O7. The van der Waals surface area contributed by atoms with Gasteiger partial charge in [-0.1, -0.05) is 17.7 Å². The van der Waals surface area contributed by atoms with E-state index in [1.165, 1.54) is 24.2 Å². The number of halogens is 1. The van der Waals surface area contributed by atoms with E-state index in [2.05, 4.69) is 10.6 Å². The topological polar surface area (TPSA) is 127 Å². The number of hydrogen-bond acceptors (Lipinski definition) is 7. The lowest BCUT2D eigenvalue weighted by molar-refractivity contribution is -0.136. The minimum Gasteiger partial charge on any atom is -0.494 e. The number of methoxy groups -OCH3 is 1. The highest BCUT2D eigenvalue weighted by Gasteiger charge is 2.38. The molecule has 0 saturated carbocycles. The van der Waals surface area contributed by atoms with E-state index in [4.69, 9.17) is 25.5 Å². The maximum Gasteiger partial charge on any atom is 0.340 e. The molecule has 0 aliphatic carbocycles. The van der Waals surface area contributed by atoms with E-state index in [0.717, 1.165) is 0 Å². The van der Waals surface area contributed by atoms with Crippen LogP contribution in [0.4, 0.5) is 11.4 Å². The van der Waals surface area contributed by atoms with Crippen LogP contribution < -0.4 is 20.3 Å². The van der Waals surface area contributed by atoms with Crippen LogP contribution in [0.5, 0.6) is 5.75 Å². The Morgan fingerprint density at radius 3 is 2.48 bits per heavy atom. The highest BCUT2D eigenvalue weighted by atomic mass is 35.5. The van der Waals surface area contributed by atoms with Gasteiger partial charge in [0, 0.05) is 22.1 Å². The predicted octanol–water partition coefficient (Wildman–Crippen LogP) is 4.46. The fourth-order valence-corrected chi connectivity index (χ4v) is 4.25. The van der Waals surface area contributed by atoms with E-state index < -0.39 is 23.7 Å². The second-order valence-electron chi connectivity index (χ2n) is 8.53. The molecule has 10 nitrogen and oxygen atoms in total. The molecule has 1 aromatic heterocycles. The van der Waals surface area contributed by atoms with Crippen molar-refractivity contribution in [2.45, 2.75) is 20.4 Å². The first kappa shape index (κ1) is 28.2. The number of amides is 3. The first-order valence-corrected chi connectivity index (χ1v) is 12.6. The monoisotopic (exact) mass is 563 g/mol. The number of benzene rings is 2. The standard InChI is InChI=1S/C29H26ClN3O7/c1-4-39-21-10-8-20(9-11-21)33-17(2)25(29(37)38-3)24(28(33)36)15-22-12-13-23(40-22)16-31-26(34)27(35)32-19-7-5-6-18(30)14-19/h5-15H,4,16H2,1-3H3,(H,31,34)(H,32,35)/b24-15+. The molecule has 0 unspecified atom stereocenters. The van der Waals surface area contributed by atoms with Gasteiger partial charge in [0.2, 0.25) is 0 Å². The predicted molar refractivity (Wildman–Crippen MR) is 148 cm³/mol. The van der Waals surface area contributed by atoms with Crippen molar-refractivity contribution in [1.29, 1.82) is 0 Å². The Bertz CT molecular complexity index is 1520. The number of esters is 1. The number of furan rings is 1. The zero-order valence-electron chi connectivity index (χ0n) is 21.9. The summed E-state index contributed by atoms with van der Waals surface area (Å²) in [6, 6.07) is 16.5. The van der Waals surface area contributed by atoms with Crippen molar-refractivity contribution in [2.75, 3.05) is 23.9 Å². The average Bonchev–Trinajstić information content (AvgIpc) is 3.49. The van der Waals surface area contributed by atoms with E-state index in [1.807, 2.05) is 6.92 Å². The maximum absolute atomic E-state index is 13.5. The molecule has 206 valence electrons. The van der Waals surface area contributed by atoms with E-state index in [1.54, 1.807) is 61.5 Å². The summed E-state index contributed by atoms with van der Waals surface area (Å²) in [7, 11) is 1.24. The van der Waals surface area contributed by atoms with Gasteiger partial charge in [0.05, 0.1) is 31.4 Å². The second kappa shape index (κ2) is 12.4. The van der Waals surface area contributed by atoms with Crippen molar-refractivity contribution in [3.8, 4) is 5.75 Å². The third kappa shape index (κ3) is 6.24. The summed E-state index contributed by atoms with van der Waals surface area (Å²) in [5.74, 6) is -1.62. The first-order chi connectivity index (χ1) is 19.2. The van der Waals surface area contributed by atoms with Gasteiger partial charge in [-0.05, 0) is 74.5 Å². The van der Waals surface area contributed by atoms with Crippen LogP contribution >= 0.6 is 11.6 Å². The fraction of sp³-hybridized carbons (Fsp3) is 0.172. The number of anilines is 2. The Kier molecular flexibility index (Phi) is 8.70. The molecule has 0 radical (unpaired) electrons. The lowest BCUT2D eigenvalue weighted by Gasteiger charge is -2.18. The maximum atomic E-state index is 13.5. The fourth-order valence-electron chi connectivity index (χ4n) is 4.06. The first-order valence-electron chi connectivity index (χ1n) is 12.2. The van der Waals surface area contributed by atoms with Crippen molar-refractivity contribution in [2.24, 2.45) is 0 Å². The second-order valence-corrected chi connectivity index (χ2v) is 8.97. The van der Waals surface area contributed by atoms with E-state index in [0.29, 0.717) is 40.2 Å². The van der Waals surface area contributed by atoms with Crippen molar-refractivity contribution in [3.05, 3.63) is 94.1 Å². The number of ether oxygens (including phenoxy) is 2. The number of nitrogens with zero attached hydrogens (tertiary/aromatic N) is 1. The van der Waals surface area contributed by atoms with Gasteiger partial charge in [0.15, 0.2) is 0 Å². The number of carbonyl (C=O) groups is 4. The van der Waals surface area contributed by atoms with Crippen LogP contribution in [-0.4, -0.2) is 37.4 Å². The van der Waals surface area contributed by atoms with E-state index in [-0.39, 0.29) is 23.5 Å². The van der Waals surface area contributed by atoms with Gasteiger partial charge in [-0.3, -0.25) is 19.3 Å². The smallest absolute Gasteiger partial charge is 0.340 e. The Balaban J connectivity index is 1.49. The van der Waals surface area contributed by atoms with Crippen molar-refractivity contribution in [3.63, 3.8) is 0 Å². The summed E-state index contributed by atoms with van der Waals surface area (Å²) in [4.78, 5) is 51.9. The molecule has 0 fully saturated rings. The quantitative estimate of drug-likeness (QED) is 0.235. The highest BCUT2D eigenvalue weighted by molar-refractivity contribution is 6.39. The molecule has 3 amide bonds. The molecule has 2 N–H and O–H groups in total. The summed E-state index contributed by atoms with van der Waals surface area (Å²) in [6.45, 7) is 3.94. The molecule has 40 heavy (non-hydrogen) atoms. The van der Waals surface area contributed by atoms with Gasteiger partial charge < -0.3 is 24.5 Å². The van der Waals surface area contributed by atoms with Gasteiger partial charge in [-0.25, -0.2) is 4.79 Å². The zero-order chi connectivity index (χ0) is 28.8. The van der Waals surface area contributed by atoms with Crippen molar-refractivity contribution >= 4 is 52.7 Å². The van der Waals surface area contributed by atoms with Crippen LogP contribution in [-0.2, 0) is 30.5 Å². The zero-order valence-corrected chi connectivity index (χ0v) is 22.7. The third-order valence-corrected chi connectivity index (χ3v) is 6.11. The minimum absolute atomic E-state index is 0.0871. The summed E-state index contributed by atoms with van der Waals surface area (Å²) in [6.07, 6.45) is 1.43. The molecular weight excluding hydrogens is 538 g/mol. The summed E-state index contributed by atoms with van der Waals surface area (Å²) in [5.41, 5.74) is 1.52. The number of hydrogen-bond donors (Lipinski definition) is 2. The Morgan fingerprint density at radius 2 is 1.80 bits per heavy atom. The van der Waals surface area contributed by atoms with Crippen LogP contribution in [0, 0.1) is 0 Å². The number of carbonyl (C=O) groups excluding carboxylic acids is 4. The van der Waals surface area contributed by atoms with Gasteiger partial charge in [-0.2, -0.15) is 0 Å². The Labute approximate surface area is 235 Å². The minimum atomic E-state index is -0.875. The molecule has 0 spiro atoms. The largest absolute Gasteiger partial charge is 0.494 e. The normalized spacial score (nSPS) is 13.9. The van der Waals surface area contributed by atoms with Gasteiger partial charge in [0.1, 0.15) is 17.3 Å². The molecule has 2 aromatic carbocycles. The molecule has 4 rings (SSSR count). The van der Waals surface area contributed by atoms with Crippen LogP contribution in [0.2, 0.25) is 5.02 Å². The van der Waals surface area contributed by atoms with E-state index in [9.17, 15) is 19.2 Å². The number of nitrogens with one attached hydrogen (secondary N) is 2. The Hall–Kier alpha value is -4.83. The molecule has 11 heteroatoms. The van der Waals surface area contributed by atoms with E-state index >= 15 is 0 Å². The highest BCUT2D eigenvalue weighted by Crippen LogP contribution is 2.36. The molecule has 0 bridgehead atoms. The lowest BCUT2D eigenvalue weighted by atomic mass is 10.1. The average molecular weight is 564 g/mol. The molecule has 0 atom stereocenters. The van der Waals surface area contributed by atoms with Gasteiger partial charge in [0.25, 0.3) is 5.91 Å². The third-order valence-electron chi connectivity index (χ3n) is 5.88. The lowest BCUT2D eigenvalue weighted by Crippen LogP contribution is -2.34. The molecule has 2 heterocycles. The molecule has 0 saturated heterocycles. The summed E-state index contributed by atoms with van der Waals surface area (Å²) >= 11 is 5.89. The molecule has 1 aliphatic heterocycles. The van der Waals surface area contributed by atoms with Crippen LogP contribution in [0.15, 0.2) is 81.9 Å². The van der Waals surface area contributed by atoms with Crippen molar-refractivity contribution in [1.82, 2.24) is 5.32 Å². The SMILES string of the molecule is CCOc1ccc(N2C(=O)/C(=C/c3ccc(CNC(=O)C(=O)Nc4cccc(Cl)c4)o3)C(C(=O)OC)=C2C)cc1. The number of rotatable bonds is 8. The van der Waals surface area contributed by atoms with Crippen molar-refractivity contribution < 1.29 is 33.1 Å². The summed E-state index contributed by atoms with van der Waals surface area (Å²) in [5, 5.41) is 5.34. The molecule has 1 aliphatic rings.